The first-order valence-corrected chi connectivity index (χ1v) is 6.46. The molecule has 114 valence electrons. The van der Waals surface area contributed by atoms with Crippen molar-refractivity contribution in [3.63, 3.8) is 0 Å². The van der Waals surface area contributed by atoms with Gasteiger partial charge in [0.2, 0.25) is 5.91 Å². The van der Waals surface area contributed by atoms with Gasteiger partial charge in [-0.1, -0.05) is 23.8 Å². The SMILES string of the molecule is COCC(N)C(=O)N(C)C(C)c1ccc(C)cc1C.Cl. The van der Waals surface area contributed by atoms with Crippen molar-refractivity contribution in [3.05, 3.63) is 34.9 Å². The lowest BCUT2D eigenvalue weighted by molar-refractivity contribution is -0.134. The third-order valence-electron chi connectivity index (χ3n) is 3.47. The maximum absolute atomic E-state index is 12.1. The second kappa shape index (κ2) is 8.25. The molecule has 1 aromatic rings. The Morgan fingerprint density at radius 3 is 2.50 bits per heavy atom. The van der Waals surface area contributed by atoms with Gasteiger partial charge in [-0.05, 0) is 31.9 Å². The van der Waals surface area contributed by atoms with Crippen molar-refractivity contribution in [2.24, 2.45) is 5.73 Å². The smallest absolute Gasteiger partial charge is 0.242 e. The average molecular weight is 301 g/mol. The molecule has 0 fully saturated rings. The van der Waals surface area contributed by atoms with Crippen LogP contribution in [0.15, 0.2) is 18.2 Å². The monoisotopic (exact) mass is 300 g/mol. The molecule has 0 aromatic heterocycles. The average Bonchev–Trinajstić information content (AvgIpc) is 2.36. The van der Waals surface area contributed by atoms with Crippen molar-refractivity contribution in [1.29, 1.82) is 0 Å². The number of halogens is 1. The molecule has 0 spiro atoms. The molecule has 20 heavy (non-hydrogen) atoms. The minimum atomic E-state index is -0.608. The van der Waals surface area contributed by atoms with E-state index in [1.807, 2.05) is 6.92 Å². The van der Waals surface area contributed by atoms with Crippen molar-refractivity contribution in [3.8, 4) is 0 Å². The fourth-order valence-electron chi connectivity index (χ4n) is 2.21. The van der Waals surface area contributed by atoms with Crippen LogP contribution in [0.1, 0.15) is 29.7 Å². The molecule has 4 nitrogen and oxygen atoms in total. The number of nitrogens with two attached hydrogens (primary N) is 1. The summed E-state index contributed by atoms with van der Waals surface area (Å²) in [6.07, 6.45) is 0. The summed E-state index contributed by atoms with van der Waals surface area (Å²) in [5.74, 6) is -0.102. The normalized spacial score (nSPS) is 13.3. The zero-order valence-electron chi connectivity index (χ0n) is 12.8. The predicted octanol–water partition coefficient (Wildman–Crippen LogP) is 2.22. The third-order valence-corrected chi connectivity index (χ3v) is 3.47. The molecule has 0 saturated heterocycles. The number of carbonyl (C=O) groups excluding carboxylic acids is 1. The molecule has 5 heteroatoms. The van der Waals surface area contributed by atoms with Crippen LogP contribution in [0.5, 0.6) is 0 Å². The van der Waals surface area contributed by atoms with Gasteiger partial charge in [-0.2, -0.15) is 0 Å². The molecule has 1 amide bonds. The molecular formula is C15H25ClN2O2. The summed E-state index contributed by atoms with van der Waals surface area (Å²) in [4.78, 5) is 13.8. The standard InChI is InChI=1S/C15H24N2O2.ClH/c1-10-6-7-13(11(2)8-10)12(3)17(4)15(18)14(16)9-19-5;/h6-8,12,14H,9,16H2,1-5H3;1H. The summed E-state index contributed by atoms with van der Waals surface area (Å²) < 4.78 is 4.93. The first kappa shape index (κ1) is 18.9. The van der Waals surface area contributed by atoms with E-state index in [1.54, 1.807) is 19.1 Å². The molecule has 1 aromatic carbocycles. The topological polar surface area (TPSA) is 55.6 Å². The Hall–Kier alpha value is -1.10. The van der Waals surface area contributed by atoms with E-state index in [0.717, 1.165) is 5.56 Å². The molecule has 0 aliphatic heterocycles. The number of hydrogen-bond donors (Lipinski definition) is 1. The van der Waals surface area contributed by atoms with Crippen LogP contribution in [0.2, 0.25) is 0 Å². The largest absolute Gasteiger partial charge is 0.383 e. The lowest BCUT2D eigenvalue weighted by Gasteiger charge is -2.28. The van der Waals surface area contributed by atoms with Crippen LogP contribution in [0.25, 0.3) is 0 Å². The molecule has 0 bridgehead atoms. The number of hydrogen-bond acceptors (Lipinski definition) is 3. The van der Waals surface area contributed by atoms with Gasteiger partial charge in [0, 0.05) is 14.2 Å². The minimum Gasteiger partial charge on any atom is -0.383 e. The van der Waals surface area contributed by atoms with Crippen LogP contribution in [0.3, 0.4) is 0 Å². The fraction of sp³-hybridized carbons (Fsp3) is 0.533. The number of aryl methyl sites for hydroxylation is 2. The summed E-state index contributed by atoms with van der Waals surface area (Å²) in [7, 11) is 3.32. The molecule has 0 heterocycles. The summed E-state index contributed by atoms with van der Waals surface area (Å²) in [6, 6.07) is 5.64. The van der Waals surface area contributed by atoms with Crippen LogP contribution >= 0.6 is 12.4 Å². The zero-order valence-corrected chi connectivity index (χ0v) is 13.7. The van der Waals surface area contributed by atoms with Gasteiger partial charge in [-0.25, -0.2) is 0 Å². The van der Waals surface area contributed by atoms with Gasteiger partial charge in [0.25, 0.3) is 0 Å². The molecule has 0 aliphatic carbocycles. The lowest BCUT2D eigenvalue weighted by atomic mass is 9.99. The quantitative estimate of drug-likeness (QED) is 0.907. The number of rotatable bonds is 5. The molecule has 0 radical (unpaired) electrons. The van der Waals surface area contributed by atoms with E-state index in [-0.39, 0.29) is 31.0 Å². The number of likely N-dealkylation sites (N-methyl/N-ethyl adjacent to an activating group) is 1. The minimum absolute atomic E-state index is 0. The molecular weight excluding hydrogens is 276 g/mol. The van der Waals surface area contributed by atoms with Gasteiger partial charge >= 0.3 is 0 Å². The van der Waals surface area contributed by atoms with Gasteiger partial charge in [0.05, 0.1) is 12.6 Å². The van der Waals surface area contributed by atoms with E-state index in [4.69, 9.17) is 10.5 Å². The third kappa shape index (κ3) is 4.47. The van der Waals surface area contributed by atoms with Crippen LogP contribution < -0.4 is 5.73 Å². The molecule has 2 atom stereocenters. The van der Waals surface area contributed by atoms with Gasteiger partial charge in [0.1, 0.15) is 6.04 Å². The first-order valence-electron chi connectivity index (χ1n) is 6.46. The van der Waals surface area contributed by atoms with Gasteiger partial charge in [-0.3, -0.25) is 4.79 Å². The summed E-state index contributed by atoms with van der Waals surface area (Å²) in [5.41, 5.74) is 9.34. The van der Waals surface area contributed by atoms with E-state index < -0.39 is 6.04 Å². The van der Waals surface area contributed by atoms with Gasteiger partial charge in [-0.15, -0.1) is 12.4 Å². The highest BCUT2D eigenvalue weighted by Gasteiger charge is 2.23. The Morgan fingerprint density at radius 2 is 2.00 bits per heavy atom. The maximum atomic E-state index is 12.1. The Labute approximate surface area is 127 Å². The van der Waals surface area contributed by atoms with Crippen molar-refractivity contribution >= 4 is 18.3 Å². The number of methoxy groups -OCH3 is 1. The van der Waals surface area contributed by atoms with Gasteiger partial charge < -0.3 is 15.4 Å². The summed E-state index contributed by atoms with van der Waals surface area (Å²) in [5, 5.41) is 0. The predicted molar refractivity (Wildman–Crippen MR) is 84.2 cm³/mol. The van der Waals surface area contributed by atoms with E-state index in [9.17, 15) is 4.79 Å². The zero-order chi connectivity index (χ0) is 14.6. The van der Waals surface area contributed by atoms with Crippen LogP contribution in [0.4, 0.5) is 0 Å². The maximum Gasteiger partial charge on any atom is 0.242 e. The number of nitrogens with zero attached hydrogens (tertiary/aromatic N) is 1. The van der Waals surface area contributed by atoms with Crippen molar-refractivity contribution in [2.75, 3.05) is 20.8 Å². The van der Waals surface area contributed by atoms with Crippen LogP contribution in [-0.4, -0.2) is 37.6 Å². The van der Waals surface area contributed by atoms with Crippen molar-refractivity contribution in [2.45, 2.75) is 32.9 Å². The lowest BCUT2D eigenvalue weighted by Crippen LogP contribution is -2.45. The highest BCUT2D eigenvalue weighted by atomic mass is 35.5. The fourth-order valence-corrected chi connectivity index (χ4v) is 2.21. The molecule has 0 aliphatic rings. The van der Waals surface area contributed by atoms with Crippen molar-refractivity contribution in [1.82, 2.24) is 4.90 Å². The van der Waals surface area contributed by atoms with Crippen LogP contribution in [-0.2, 0) is 9.53 Å². The van der Waals surface area contributed by atoms with E-state index in [1.165, 1.54) is 11.1 Å². The Morgan fingerprint density at radius 1 is 1.40 bits per heavy atom. The highest BCUT2D eigenvalue weighted by Crippen LogP contribution is 2.23. The van der Waals surface area contributed by atoms with E-state index >= 15 is 0 Å². The Bertz CT molecular complexity index is 451. The first-order chi connectivity index (χ1) is 8.88. The summed E-state index contributed by atoms with van der Waals surface area (Å²) >= 11 is 0. The number of amides is 1. The summed E-state index contributed by atoms with van der Waals surface area (Å²) in [6.45, 7) is 6.37. The highest BCUT2D eigenvalue weighted by molar-refractivity contribution is 5.85. The molecule has 1 rings (SSSR count). The van der Waals surface area contributed by atoms with E-state index in [0.29, 0.717) is 0 Å². The number of carbonyl (C=O) groups is 1. The second-order valence-electron chi connectivity index (χ2n) is 5.05. The van der Waals surface area contributed by atoms with E-state index in [2.05, 4.69) is 32.0 Å². The molecule has 2 unspecified atom stereocenters. The Kier molecular flexibility index (Phi) is 7.79. The second-order valence-corrected chi connectivity index (χ2v) is 5.05. The number of ether oxygens (including phenoxy) is 1. The van der Waals surface area contributed by atoms with Crippen LogP contribution in [0, 0.1) is 13.8 Å². The Balaban J connectivity index is 0.00000361. The number of benzene rings is 1. The molecule has 2 N–H and O–H groups in total. The van der Waals surface area contributed by atoms with Gasteiger partial charge in [0.15, 0.2) is 0 Å². The molecule has 0 saturated carbocycles. The van der Waals surface area contributed by atoms with Crippen molar-refractivity contribution < 1.29 is 9.53 Å².